The van der Waals surface area contributed by atoms with E-state index >= 15 is 0 Å². The van der Waals surface area contributed by atoms with Crippen LogP contribution in [-0.4, -0.2) is 20.9 Å². The van der Waals surface area contributed by atoms with E-state index in [9.17, 15) is 4.79 Å². The molecule has 0 unspecified atom stereocenters. The Balaban J connectivity index is 1.76. The maximum atomic E-state index is 12.3. The van der Waals surface area contributed by atoms with Gasteiger partial charge in [-0.15, -0.1) is 5.10 Å². The van der Waals surface area contributed by atoms with E-state index < -0.39 is 0 Å². The summed E-state index contributed by atoms with van der Waals surface area (Å²) in [6, 6.07) is 14.8. The average Bonchev–Trinajstić information content (AvgIpc) is 2.91. The molecule has 0 saturated heterocycles. The standard InChI is InChI=1S/C17H16ClN5O/c1-11-3-2-4-14(9-11)20-17(24)15-16(19)23(22-21-15)10-12-5-7-13(18)8-6-12/h2-9H,10,19H2,1H3,(H,20,24). The van der Waals surface area contributed by atoms with Crippen LogP contribution in [0, 0.1) is 6.92 Å². The van der Waals surface area contributed by atoms with Crippen LogP contribution in [0.3, 0.4) is 0 Å². The van der Waals surface area contributed by atoms with Gasteiger partial charge in [0, 0.05) is 10.7 Å². The number of aromatic nitrogens is 3. The summed E-state index contributed by atoms with van der Waals surface area (Å²) in [6.45, 7) is 2.36. The van der Waals surface area contributed by atoms with Crippen molar-refractivity contribution in [2.45, 2.75) is 13.5 Å². The lowest BCUT2D eigenvalue weighted by Crippen LogP contribution is -2.15. The van der Waals surface area contributed by atoms with Crippen molar-refractivity contribution in [2.24, 2.45) is 0 Å². The summed E-state index contributed by atoms with van der Waals surface area (Å²) in [7, 11) is 0. The van der Waals surface area contributed by atoms with Crippen molar-refractivity contribution in [1.29, 1.82) is 0 Å². The molecule has 7 heteroatoms. The van der Waals surface area contributed by atoms with E-state index in [1.54, 1.807) is 18.2 Å². The normalized spacial score (nSPS) is 10.6. The van der Waals surface area contributed by atoms with Gasteiger partial charge in [0.25, 0.3) is 5.91 Å². The molecule has 122 valence electrons. The molecule has 0 atom stereocenters. The second-order valence-electron chi connectivity index (χ2n) is 5.43. The minimum absolute atomic E-state index is 0.102. The number of rotatable bonds is 4. The van der Waals surface area contributed by atoms with E-state index in [1.165, 1.54) is 4.68 Å². The second kappa shape index (κ2) is 6.72. The monoisotopic (exact) mass is 341 g/mol. The fraction of sp³-hybridized carbons (Fsp3) is 0.118. The number of nitrogens with two attached hydrogens (primary N) is 1. The molecular formula is C17H16ClN5O. The van der Waals surface area contributed by atoms with E-state index in [0.29, 0.717) is 17.3 Å². The fourth-order valence-electron chi connectivity index (χ4n) is 2.27. The van der Waals surface area contributed by atoms with Crippen LogP contribution in [0.25, 0.3) is 0 Å². The summed E-state index contributed by atoms with van der Waals surface area (Å²) >= 11 is 5.87. The third-order valence-corrected chi connectivity index (χ3v) is 3.76. The zero-order valence-electron chi connectivity index (χ0n) is 13.0. The lowest BCUT2D eigenvalue weighted by atomic mass is 10.2. The molecule has 0 bridgehead atoms. The van der Waals surface area contributed by atoms with E-state index in [4.69, 9.17) is 17.3 Å². The summed E-state index contributed by atoms with van der Waals surface area (Å²) in [6.07, 6.45) is 0. The van der Waals surface area contributed by atoms with Crippen molar-refractivity contribution in [3.8, 4) is 0 Å². The molecular weight excluding hydrogens is 326 g/mol. The molecule has 2 aromatic carbocycles. The number of anilines is 2. The number of aryl methyl sites for hydroxylation is 1. The molecule has 1 aromatic heterocycles. The Hall–Kier alpha value is -2.86. The number of benzene rings is 2. The van der Waals surface area contributed by atoms with Crippen LogP contribution in [0.4, 0.5) is 11.5 Å². The van der Waals surface area contributed by atoms with Crippen molar-refractivity contribution < 1.29 is 4.79 Å². The topological polar surface area (TPSA) is 85.8 Å². The van der Waals surface area contributed by atoms with Gasteiger partial charge in [0.1, 0.15) is 0 Å². The number of nitrogens with one attached hydrogen (secondary N) is 1. The Morgan fingerprint density at radius 1 is 1.25 bits per heavy atom. The Labute approximate surface area is 144 Å². The molecule has 24 heavy (non-hydrogen) atoms. The van der Waals surface area contributed by atoms with E-state index in [2.05, 4.69) is 15.6 Å². The summed E-state index contributed by atoms with van der Waals surface area (Å²) in [5.74, 6) is -0.171. The minimum Gasteiger partial charge on any atom is -0.382 e. The maximum Gasteiger partial charge on any atom is 0.280 e. The molecule has 3 N–H and O–H groups in total. The fourth-order valence-corrected chi connectivity index (χ4v) is 2.40. The number of carbonyl (C=O) groups excluding carboxylic acids is 1. The van der Waals surface area contributed by atoms with Crippen LogP contribution < -0.4 is 11.1 Å². The van der Waals surface area contributed by atoms with Crippen LogP contribution in [0.5, 0.6) is 0 Å². The smallest absolute Gasteiger partial charge is 0.280 e. The molecule has 0 aliphatic heterocycles. The molecule has 1 heterocycles. The molecule has 3 aromatic rings. The van der Waals surface area contributed by atoms with Crippen molar-refractivity contribution in [1.82, 2.24) is 15.0 Å². The van der Waals surface area contributed by atoms with Crippen LogP contribution >= 0.6 is 11.6 Å². The number of nitrogen functional groups attached to an aromatic ring is 1. The number of carbonyl (C=O) groups is 1. The van der Waals surface area contributed by atoms with Gasteiger partial charge in [-0.05, 0) is 42.3 Å². The van der Waals surface area contributed by atoms with Crippen LogP contribution in [0.15, 0.2) is 48.5 Å². The highest BCUT2D eigenvalue weighted by Crippen LogP contribution is 2.16. The first-order valence-electron chi connectivity index (χ1n) is 7.34. The SMILES string of the molecule is Cc1cccc(NC(=O)c2nnn(Cc3ccc(Cl)cc3)c2N)c1. The third kappa shape index (κ3) is 3.55. The number of nitrogens with zero attached hydrogens (tertiary/aromatic N) is 3. The Kier molecular flexibility index (Phi) is 4.48. The van der Waals surface area contributed by atoms with Gasteiger partial charge in [-0.1, -0.05) is 41.1 Å². The average molecular weight is 342 g/mol. The zero-order valence-corrected chi connectivity index (χ0v) is 13.8. The Morgan fingerprint density at radius 2 is 2.00 bits per heavy atom. The largest absolute Gasteiger partial charge is 0.382 e. The Bertz CT molecular complexity index is 873. The lowest BCUT2D eigenvalue weighted by Gasteiger charge is -2.06. The number of amides is 1. The lowest BCUT2D eigenvalue weighted by molar-refractivity contribution is 0.102. The molecule has 0 aliphatic carbocycles. The van der Waals surface area contributed by atoms with Crippen LogP contribution in [-0.2, 0) is 6.54 Å². The molecule has 6 nitrogen and oxygen atoms in total. The zero-order chi connectivity index (χ0) is 17.1. The van der Waals surface area contributed by atoms with Gasteiger partial charge >= 0.3 is 0 Å². The second-order valence-corrected chi connectivity index (χ2v) is 5.87. The highest BCUT2D eigenvalue weighted by atomic mass is 35.5. The van der Waals surface area contributed by atoms with Crippen LogP contribution in [0.2, 0.25) is 5.02 Å². The quantitative estimate of drug-likeness (QED) is 0.763. The van der Waals surface area contributed by atoms with Gasteiger partial charge in [-0.2, -0.15) is 0 Å². The predicted octanol–water partition coefficient (Wildman–Crippen LogP) is 3.12. The highest BCUT2D eigenvalue weighted by molar-refractivity contribution is 6.30. The Morgan fingerprint density at radius 3 is 2.71 bits per heavy atom. The summed E-state index contributed by atoms with van der Waals surface area (Å²) in [4.78, 5) is 12.3. The van der Waals surface area contributed by atoms with Crippen molar-refractivity contribution in [3.63, 3.8) is 0 Å². The number of halogens is 1. The minimum atomic E-state index is -0.388. The van der Waals surface area contributed by atoms with Gasteiger partial charge in [0.05, 0.1) is 6.54 Å². The molecule has 0 fully saturated rings. The molecule has 3 rings (SSSR count). The van der Waals surface area contributed by atoms with E-state index in [0.717, 1.165) is 11.1 Å². The maximum absolute atomic E-state index is 12.3. The summed E-state index contributed by atoms with van der Waals surface area (Å²) in [5, 5.41) is 11.3. The summed E-state index contributed by atoms with van der Waals surface area (Å²) in [5.41, 5.74) is 8.81. The van der Waals surface area contributed by atoms with Crippen molar-refractivity contribution >= 4 is 29.0 Å². The van der Waals surface area contributed by atoms with Gasteiger partial charge in [0.2, 0.25) is 0 Å². The first kappa shape index (κ1) is 16.0. The molecule has 0 saturated carbocycles. The number of hydrogen-bond donors (Lipinski definition) is 2. The van der Waals surface area contributed by atoms with Crippen molar-refractivity contribution in [2.75, 3.05) is 11.1 Å². The first-order valence-corrected chi connectivity index (χ1v) is 7.72. The van der Waals surface area contributed by atoms with Crippen LogP contribution in [0.1, 0.15) is 21.6 Å². The van der Waals surface area contributed by atoms with Gasteiger partial charge < -0.3 is 11.1 Å². The highest BCUT2D eigenvalue weighted by Gasteiger charge is 2.17. The first-order chi connectivity index (χ1) is 11.5. The van der Waals surface area contributed by atoms with Gasteiger partial charge in [-0.3, -0.25) is 4.79 Å². The number of hydrogen-bond acceptors (Lipinski definition) is 4. The van der Waals surface area contributed by atoms with E-state index in [-0.39, 0.29) is 17.4 Å². The predicted molar refractivity (Wildman–Crippen MR) is 94.1 cm³/mol. The molecule has 0 aliphatic rings. The van der Waals surface area contributed by atoms with Gasteiger partial charge in [0.15, 0.2) is 11.5 Å². The molecule has 0 radical (unpaired) electrons. The third-order valence-electron chi connectivity index (χ3n) is 3.51. The van der Waals surface area contributed by atoms with E-state index in [1.807, 2.05) is 37.3 Å². The van der Waals surface area contributed by atoms with Gasteiger partial charge in [-0.25, -0.2) is 4.68 Å². The summed E-state index contributed by atoms with van der Waals surface area (Å²) < 4.78 is 1.48. The van der Waals surface area contributed by atoms with Crippen molar-refractivity contribution in [3.05, 3.63) is 70.4 Å². The molecule has 1 amide bonds. The molecule has 0 spiro atoms.